The van der Waals surface area contributed by atoms with E-state index in [1.54, 1.807) is 0 Å². The Morgan fingerprint density at radius 2 is 2.00 bits per heavy atom. The quantitative estimate of drug-likeness (QED) is 0.794. The molecule has 3 heteroatoms. The molecule has 0 atom stereocenters. The van der Waals surface area contributed by atoms with Crippen LogP contribution in [-0.2, 0) is 13.1 Å². The zero-order chi connectivity index (χ0) is 15.2. The number of thiophene rings is 1. The molecule has 0 unspecified atom stereocenters. The molecular formula is C18H32N2S. The van der Waals surface area contributed by atoms with Gasteiger partial charge in [-0.3, -0.25) is 4.90 Å². The average molecular weight is 309 g/mol. The summed E-state index contributed by atoms with van der Waals surface area (Å²) in [4.78, 5) is 5.57. The molecule has 0 spiro atoms. The van der Waals surface area contributed by atoms with Crippen molar-refractivity contribution in [3.8, 4) is 0 Å². The van der Waals surface area contributed by atoms with Crippen molar-refractivity contribution in [1.29, 1.82) is 0 Å². The lowest BCUT2D eigenvalue weighted by atomic mass is 9.94. The minimum absolute atomic E-state index is 0.725. The van der Waals surface area contributed by atoms with E-state index in [0.717, 1.165) is 31.6 Å². The number of hydrogen-bond donors (Lipinski definition) is 1. The zero-order valence-electron chi connectivity index (χ0n) is 14.2. The van der Waals surface area contributed by atoms with Crippen LogP contribution in [0.25, 0.3) is 0 Å². The Hall–Kier alpha value is -0.380. The van der Waals surface area contributed by atoms with Gasteiger partial charge in [0.2, 0.25) is 0 Å². The van der Waals surface area contributed by atoms with Gasteiger partial charge in [0.15, 0.2) is 0 Å². The van der Waals surface area contributed by atoms with Crippen LogP contribution in [0, 0.1) is 12.8 Å². The molecular weight excluding hydrogens is 276 g/mol. The molecule has 21 heavy (non-hydrogen) atoms. The fourth-order valence-electron chi connectivity index (χ4n) is 3.24. The van der Waals surface area contributed by atoms with Crippen molar-refractivity contribution in [1.82, 2.24) is 10.2 Å². The topological polar surface area (TPSA) is 15.3 Å². The summed E-state index contributed by atoms with van der Waals surface area (Å²) in [5.41, 5.74) is 1.54. The molecule has 2 rings (SSSR count). The predicted molar refractivity (Wildman–Crippen MR) is 93.9 cm³/mol. The lowest BCUT2D eigenvalue weighted by Crippen LogP contribution is -2.32. The molecule has 0 radical (unpaired) electrons. The molecule has 0 aliphatic heterocycles. The first kappa shape index (κ1) is 17.0. The van der Waals surface area contributed by atoms with Crippen LogP contribution in [0.4, 0.5) is 0 Å². The Kier molecular flexibility index (Phi) is 6.72. The highest BCUT2D eigenvalue weighted by Crippen LogP contribution is 2.26. The fraction of sp³-hybridized carbons (Fsp3) is 0.778. The van der Waals surface area contributed by atoms with Crippen LogP contribution in [0.1, 0.15) is 61.3 Å². The zero-order valence-corrected chi connectivity index (χ0v) is 15.1. The molecule has 1 saturated carbocycles. The van der Waals surface area contributed by atoms with Crippen LogP contribution in [0.5, 0.6) is 0 Å². The van der Waals surface area contributed by atoms with E-state index < -0.39 is 0 Å². The van der Waals surface area contributed by atoms with Crippen LogP contribution >= 0.6 is 11.3 Å². The van der Waals surface area contributed by atoms with Crippen molar-refractivity contribution in [3.63, 3.8) is 0 Å². The highest BCUT2D eigenvalue weighted by molar-refractivity contribution is 7.12. The lowest BCUT2D eigenvalue weighted by molar-refractivity contribution is 0.184. The van der Waals surface area contributed by atoms with E-state index in [2.05, 4.69) is 44.1 Å². The summed E-state index contributed by atoms with van der Waals surface area (Å²) in [5.74, 6) is 0.725. The predicted octanol–water partition coefficient (Wildman–Crippen LogP) is 4.57. The molecule has 1 fully saturated rings. The minimum atomic E-state index is 0.725. The van der Waals surface area contributed by atoms with Crippen LogP contribution in [0.2, 0.25) is 0 Å². The number of nitrogens with one attached hydrogen (secondary N) is 1. The number of nitrogens with zero attached hydrogens (tertiary/aromatic N) is 1. The highest BCUT2D eigenvalue weighted by Gasteiger charge is 2.19. The van der Waals surface area contributed by atoms with Gasteiger partial charge in [0.1, 0.15) is 0 Å². The average Bonchev–Trinajstić information content (AvgIpc) is 2.79. The Morgan fingerprint density at radius 3 is 2.67 bits per heavy atom. The first-order valence-corrected chi connectivity index (χ1v) is 9.37. The smallest absolute Gasteiger partial charge is 0.0300 e. The molecule has 0 saturated heterocycles. The third-order valence-electron chi connectivity index (χ3n) is 4.54. The van der Waals surface area contributed by atoms with Gasteiger partial charge in [-0.2, -0.15) is 0 Å². The van der Waals surface area contributed by atoms with Gasteiger partial charge >= 0.3 is 0 Å². The van der Waals surface area contributed by atoms with Crippen molar-refractivity contribution in [2.75, 3.05) is 13.6 Å². The summed E-state index contributed by atoms with van der Waals surface area (Å²) in [6, 6.07) is 3.23. The van der Waals surface area contributed by atoms with E-state index in [-0.39, 0.29) is 0 Å². The lowest BCUT2D eigenvalue weighted by Gasteiger charge is -2.31. The van der Waals surface area contributed by atoms with Crippen molar-refractivity contribution >= 4 is 11.3 Å². The number of rotatable bonds is 7. The number of hydrogen-bond acceptors (Lipinski definition) is 3. The molecule has 1 heterocycles. The van der Waals surface area contributed by atoms with Gasteiger partial charge in [0.05, 0.1) is 0 Å². The normalized spacial score (nSPS) is 17.0. The third kappa shape index (κ3) is 5.39. The molecule has 2 nitrogen and oxygen atoms in total. The second-order valence-electron chi connectivity index (χ2n) is 7.03. The van der Waals surface area contributed by atoms with Crippen molar-refractivity contribution < 1.29 is 0 Å². The van der Waals surface area contributed by atoms with Gasteiger partial charge in [0, 0.05) is 28.9 Å². The van der Waals surface area contributed by atoms with Crippen LogP contribution < -0.4 is 5.32 Å². The summed E-state index contributed by atoms with van der Waals surface area (Å²) in [6.45, 7) is 10.1. The minimum Gasteiger partial charge on any atom is -0.312 e. The van der Waals surface area contributed by atoms with Gasteiger partial charge in [-0.15, -0.1) is 11.3 Å². The molecule has 0 amide bonds. The standard InChI is InChI=1S/C18H32N2S/c1-14(2)11-19-12-18-10-16(15(3)21-18)13-20(4)17-8-6-5-7-9-17/h10,14,17,19H,5-9,11-13H2,1-4H3. The van der Waals surface area contributed by atoms with Gasteiger partial charge in [-0.25, -0.2) is 0 Å². The summed E-state index contributed by atoms with van der Waals surface area (Å²) in [7, 11) is 2.31. The maximum atomic E-state index is 3.56. The molecule has 1 aromatic rings. The Bertz CT molecular complexity index is 419. The summed E-state index contributed by atoms with van der Waals surface area (Å²) < 4.78 is 0. The van der Waals surface area contributed by atoms with Crippen LogP contribution in [0.3, 0.4) is 0 Å². The fourth-order valence-corrected chi connectivity index (χ4v) is 4.26. The molecule has 120 valence electrons. The maximum absolute atomic E-state index is 3.56. The van der Waals surface area contributed by atoms with Crippen LogP contribution in [-0.4, -0.2) is 24.5 Å². The van der Waals surface area contributed by atoms with E-state index in [9.17, 15) is 0 Å². The second-order valence-corrected chi connectivity index (χ2v) is 8.37. The van der Waals surface area contributed by atoms with E-state index in [1.807, 2.05) is 11.3 Å². The Labute approximate surface area is 134 Å². The van der Waals surface area contributed by atoms with E-state index >= 15 is 0 Å². The summed E-state index contributed by atoms with van der Waals surface area (Å²) >= 11 is 1.97. The van der Waals surface area contributed by atoms with E-state index in [1.165, 1.54) is 47.4 Å². The van der Waals surface area contributed by atoms with Gasteiger partial charge in [-0.1, -0.05) is 33.1 Å². The molecule has 1 aliphatic carbocycles. The summed E-state index contributed by atoms with van der Waals surface area (Å²) in [6.07, 6.45) is 7.06. The van der Waals surface area contributed by atoms with Gasteiger partial charge in [-0.05, 0) is 50.9 Å². The van der Waals surface area contributed by atoms with Crippen molar-refractivity contribution in [2.24, 2.45) is 5.92 Å². The van der Waals surface area contributed by atoms with Gasteiger partial charge in [0.25, 0.3) is 0 Å². The number of aryl methyl sites for hydroxylation is 1. The highest BCUT2D eigenvalue weighted by atomic mass is 32.1. The Balaban J connectivity index is 1.86. The molecule has 1 aliphatic rings. The SMILES string of the molecule is Cc1sc(CNCC(C)C)cc1CN(C)C1CCCCC1. The molecule has 0 bridgehead atoms. The Morgan fingerprint density at radius 1 is 1.29 bits per heavy atom. The van der Waals surface area contributed by atoms with Gasteiger partial charge < -0.3 is 5.32 Å². The monoisotopic (exact) mass is 308 g/mol. The van der Waals surface area contributed by atoms with E-state index in [0.29, 0.717) is 0 Å². The van der Waals surface area contributed by atoms with Crippen molar-refractivity contribution in [2.45, 2.75) is 72.0 Å². The van der Waals surface area contributed by atoms with Crippen LogP contribution in [0.15, 0.2) is 6.07 Å². The largest absolute Gasteiger partial charge is 0.312 e. The second kappa shape index (κ2) is 8.30. The van der Waals surface area contributed by atoms with E-state index in [4.69, 9.17) is 0 Å². The molecule has 1 N–H and O–H groups in total. The summed E-state index contributed by atoms with van der Waals surface area (Å²) in [5, 5.41) is 3.56. The first-order valence-electron chi connectivity index (χ1n) is 8.55. The first-order chi connectivity index (χ1) is 10.1. The van der Waals surface area contributed by atoms with Crippen molar-refractivity contribution in [3.05, 3.63) is 21.4 Å². The molecule has 0 aromatic carbocycles. The molecule has 1 aromatic heterocycles. The third-order valence-corrected chi connectivity index (χ3v) is 5.63. The maximum Gasteiger partial charge on any atom is 0.0300 e.